The first-order valence-corrected chi connectivity index (χ1v) is 13.8. The third-order valence-corrected chi connectivity index (χ3v) is 7.45. The summed E-state index contributed by atoms with van der Waals surface area (Å²) >= 11 is 0. The van der Waals surface area contributed by atoms with Gasteiger partial charge in [0.05, 0.1) is 24.8 Å². The molecule has 2 fully saturated rings. The van der Waals surface area contributed by atoms with Crippen LogP contribution in [0.15, 0.2) is 59.4 Å². The smallest absolute Gasteiger partial charge is 0.143 e. The van der Waals surface area contributed by atoms with Gasteiger partial charge in [0.2, 0.25) is 0 Å². The number of benzene rings is 1. The van der Waals surface area contributed by atoms with Gasteiger partial charge in [0.15, 0.2) is 0 Å². The lowest BCUT2D eigenvalue weighted by molar-refractivity contribution is -0.117. The van der Waals surface area contributed by atoms with Crippen molar-refractivity contribution in [3.63, 3.8) is 0 Å². The maximum absolute atomic E-state index is 12.7. The van der Waals surface area contributed by atoms with E-state index in [0.717, 1.165) is 54.4 Å². The maximum atomic E-state index is 12.7. The number of imidazole rings is 1. The van der Waals surface area contributed by atoms with Crippen LogP contribution in [0.5, 0.6) is 5.75 Å². The Labute approximate surface area is 234 Å². The van der Waals surface area contributed by atoms with Gasteiger partial charge in [-0.1, -0.05) is 31.8 Å². The summed E-state index contributed by atoms with van der Waals surface area (Å²) in [5, 5.41) is 4.06. The molecule has 0 amide bonds. The van der Waals surface area contributed by atoms with Gasteiger partial charge in [-0.05, 0) is 54.3 Å². The fraction of sp³-hybridized carbons (Fsp3) is 0.406. The van der Waals surface area contributed by atoms with Gasteiger partial charge in [0, 0.05) is 55.0 Å². The van der Waals surface area contributed by atoms with Crippen LogP contribution in [-0.2, 0) is 27.8 Å². The second-order valence-corrected chi connectivity index (χ2v) is 11.7. The lowest BCUT2D eigenvalue weighted by Crippen LogP contribution is -2.39. The molecule has 5 heterocycles. The first-order valence-electron chi connectivity index (χ1n) is 13.8. The van der Waals surface area contributed by atoms with E-state index < -0.39 is 0 Å². The van der Waals surface area contributed by atoms with Crippen LogP contribution in [0.3, 0.4) is 0 Å². The summed E-state index contributed by atoms with van der Waals surface area (Å²) in [5.74, 6) is 8.03. The SMILES string of the molecule is CC(C)(C)c1cc(CC(=O)Cc2ccn3cc(C#Cc4ccc(OCCN5CC6CC5CO6)cc4)nc3c2)no1. The van der Waals surface area contributed by atoms with Crippen LogP contribution in [0.4, 0.5) is 0 Å². The molecule has 3 aromatic heterocycles. The maximum Gasteiger partial charge on any atom is 0.143 e. The van der Waals surface area contributed by atoms with E-state index >= 15 is 0 Å². The Bertz CT molecular complexity index is 1570. The summed E-state index contributed by atoms with van der Waals surface area (Å²) in [6.07, 6.45) is 5.93. The molecule has 4 aromatic rings. The number of Topliss-reactive ketones (excluding diaryl/α,β-unsaturated/α-hetero) is 1. The van der Waals surface area contributed by atoms with Crippen molar-refractivity contribution >= 4 is 11.4 Å². The second kappa shape index (κ2) is 10.9. The van der Waals surface area contributed by atoms with Crippen LogP contribution in [-0.4, -0.2) is 63.7 Å². The molecular formula is C32H34N4O4. The highest BCUT2D eigenvalue weighted by Gasteiger charge is 2.38. The number of pyridine rings is 1. The monoisotopic (exact) mass is 538 g/mol. The van der Waals surface area contributed by atoms with Crippen LogP contribution in [0, 0.1) is 11.8 Å². The fourth-order valence-electron chi connectivity index (χ4n) is 5.24. The molecule has 40 heavy (non-hydrogen) atoms. The molecule has 0 aliphatic carbocycles. The molecule has 0 radical (unpaired) electrons. The van der Waals surface area contributed by atoms with E-state index in [9.17, 15) is 4.79 Å². The van der Waals surface area contributed by atoms with Crippen molar-refractivity contribution in [2.45, 2.75) is 57.6 Å². The van der Waals surface area contributed by atoms with Gasteiger partial charge in [-0.15, -0.1) is 0 Å². The van der Waals surface area contributed by atoms with E-state index in [1.807, 2.05) is 59.3 Å². The zero-order chi connectivity index (χ0) is 27.7. The molecule has 2 saturated heterocycles. The van der Waals surface area contributed by atoms with Crippen LogP contribution >= 0.6 is 0 Å². The number of likely N-dealkylation sites (tertiary alicyclic amines) is 1. The highest BCUT2D eigenvalue weighted by Crippen LogP contribution is 2.27. The Hall–Kier alpha value is -3.93. The zero-order valence-corrected chi connectivity index (χ0v) is 23.2. The molecule has 0 spiro atoms. The number of ether oxygens (including phenoxy) is 2. The molecule has 2 aliphatic heterocycles. The predicted octanol–water partition coefficient (Wildman–Crippen LogP) is 4.23. The standard InChI is InChI=1S/C32H34N4O4/c1-32(2,3)30-17-25(34-40-30)16-27(37)14-23-10-11-36-19-24(33-31(36)15-23)7-4-22-5-8-28(9-6-22)38-13-12-35-20-29-18-26(35)21-39-29/h5-6,8-11,15,17,19,26,29H,12-14,16,18,20-21H2,1-3H3. The number of carbonyl (C=O) groups is 1. The number of morpholine rings is 1. The van der Waals surface area contributed by atoms with Crippen molar-refractivity contribution in [2.24, 2.45) is 0 Å². The van der Waals surface area contributed by atoms with Gasteiger partial charge in [0.25, 0.3) is 0 Å². The van der Waals surface area contributed by atoms with Crippen molar-refractivity contribution in [2.75, 3.05) is 26.3 Å². The second-order valence-electron chi connectivity index (χ2n) is 11.7. The first-order chi connectivity index (χ1) is 19.3. The van der Waals surface area contributed by atoms with Crippen LogP contribution in [0.2, 0.25) is 0 Å². The van der Waals surface area contributed by atoms with Crippen molar-refractivity contribution in [1.82, 2.24) is 19.4 Å². The average molecular weight is 539 g/mol. The minimum atomic E-state index is -0.137. The molecule has 8 heteroatoms. The first kappa shape index (κ1) is 26.3. The topological polar surface area (TPSA) is 82.1 Å². The zero-order valence-electron chi connectivity index (χ0n) is 23.2. The van der Waals surface area contributed by atoms with Crippen molar-refractivity contribution in [3.8, 4) is 17.6 Å². The molecule has 206 valence electrons. The molecule has 2 aliphatic rings. The quantitative estimate of drug-likeness (QED) is 0.311. The van der Waals surface area contributed by atoms with Crippen molar-refractivity contribution in [3.05, 3.63) is 83.1 Å². The third kappa shape index (κ3) is 6.11. The molecule has 2 atom stereocenters. The Morgan fingerprint density at radius 3 is 2.70 bits per heavy atom. The van der Waals surface area contributed by atoms with Crippen molar-refractivity contribution in [1.29, 1.82) is 0 Å². The lowest BCUT2D eigenvalue weighted by atomic mass is 9.93. The summed E-state index contributed by atoms with van der Waals surface area (Å²) in [6, 6.07) is 14.1. The van der Waals surface area contributed by atoms with Crippen molar-refractivity contribution < 1.29 is 18.8 Å². The fourth-order valence-corrected chi connectivity index (χ4v) is 5.24. The number of aromatic nitrogens is 3. The molecule has 8 nitrogen and oxygen atoms in total. The number of hydrogen-bond donors (Lipinski definition) is 0. The molecule has 1 aromatic carbocycles. The average Bonchev–Trinajstić information content (AvgIpc) is 3.72. The number of nitrogens with zero attached hydrogens (tertiary/aromatic N) is 4. The highest BCUT2D eigenvalue weighted by atomic mass is 16.5. The largest absolute Gasteiger partial charge is 0.492 e. The van der Waals surface area contributed by atoms with E-state index in [0.29, 0.717) is 36.6 Å². The number of rotatable bonds is 8. The molecule has 6 rings (SSSR count). The van der Waals surface area contributed by atoms with Gasteiger partial charge in [0.1, 0.15) is 35.2 Å². The number of hydrogen-bond acceptors (Lipinski definition) is 7. The van der Waals surface area contributed by atoms with Gasteiger partial charge >= 0.3 is 0 Å². The number of fused-ring (bicyclic) bond motifs is 3. The Balaban J connectivity index is 1.02. The third-order valence-electron chi connectivity index (χ3n) is 7.45. The minimum absolute atomic E-state index is 0.0785. The van der Waals surface area contributed by atoms with E-state index in [1.54, 1.807) is 0 Å². The van der Waals surface area contributed by atoms with E-state index in [1.165, 1.54) is 0 Å². The van der Waals surface area contributed by atoms with Crippen LogP contribution < -0.4 is 4.74 Å². The van der Waals surface area contributed by atoms with E-state index in [2.05, 4.69) is 47.7 Å². The van der Waals surface area contributed by atoms with Gasteiger partial charge in [-0.3, -0.25) is 9.69 Å². The number of ketones is 1. The Morgan fingerprint density at radius 2 is 1.98 bits per heavy atom. The molecule has 2 unspecified atom stereocenters. The Kier molecular flexibility index (Phi) is 7.18. The lowest BCUT2D eigenvalue weighted by Gasteiger charge is -2.26. The molecule has 0 N–H and O–H groups in total. The predicted molar refractivity (Wildman–Crippen MR) is 150 cm³/mol. The molecule has 0 saturated carbocycles. The molecular weight excluding hydrogens is 504 g/mol. The van der Waals surface area contributed by atoms with Gasteiger partial charge in [-0.25, -0.2) is 4.98 Å². The summed E-state index contributed by atoms with van der Waals surface area (Å²) in [5.41, 5.74) is 3.76. The summed E-state index contributed by atoms with van der Waals surface area (Å²) in [6.45, 7) is 9.64. The van der Waals surface area contributed by atoms with E-state index in [4.69, 9.17) is 14.0 Å². The van der Waals surface area contributed by atoms with Crippen LogP contribution in [0.1, 0.15) is 55.5 Å². The highest BCUT2D eigenvalue weighted by molar-refractivity contribution is 5.83. The van der Waals surface area contributed by atoms with E-state index in [-0.39, 0.29) is 17.6 Å². The minimum Gasteiger partial charge on any atom is -0.492 e. The summed E-state index contributed by atoms with van der Waals surface area (Å²) < 4.78 is 18.9. The van der Waals surface area contributed by atoms with Crippen LogP contribution in [0.25, 0.3) is 5.65 Å². The summed E-state index contributed by atoms with van der Waals surface area (Å²) in [4.78, 5) is 19.8. The molecule has 2 bridgehead atoms. The Morgan fingerprint density at radius 1 is 1.12 bits per heavy atom. The summed E-state index contributed by atoms with van der Waals surface area (Å²) in [7, 11) is 0. The van der Waals surface area contributed by atoms with Gasteiger partial charge < -0.3 is 18.4 Å². The number of carbonyl (C=O) groups excluding carboxylic acids is 1. The normalized spacial score (nSPS) is 18.7. The van der Waals surface area contributed by atoms with Gasteiger partial charge in [-0.2, -0.15) is 0 Å².